The van der Waals surface area contributed by atoms with E-state index in [2.05, 4.69) is 0 Å². The van der Waals surface area contributed by atoms with Gasteiger partial charge < -0.3 is 10.0 Å². The summed E-state index contributed by atoms with van der Waals surface area (Å²) < 4.78 is 11.2. The Labute approximate surface area is 123 Å². The number of carbonyl (C=O) groups is 1. The molecule has 0 spiro atoms. The van der Waals surface area contributed by atoms with E-state index in [4.69, 9.17) is 23.2 Å². The first kappa shape index (κ1) is 14.8. The highest BCUT2D eigenvalue weighted by Gasteiger charge is 2.27. The molecule has 1 atom stereocenters. The number of rotatable bonds is 2. The monoisotopic (exact) mass is 321 g/mol. The zero-order valence-electron chi connectivity index (χ0n) is 10.0. The van der Waals surface area contributed by atoms with Crippen molar-refractivity contribution in [1.29, 1.82) is 0 Å². The lowest BCUT2D eigenvalue weighted by Crippen LogP contribution is -2.44. The largest absolute Gasteiger partial charge is 0.378 e. The van der Waals surface area contributed by atoms with Crippen LogP contribution in [0, 0.1) is 0 Å². The van der Waals surface area contributed by atoms with E-state index in [1.807, 2.05) is 0 Å². The standard InChI is InChI=1S/C12H13Cl2NO3S/c13-9-5-8(6-10(14)7-9)11(16)12(17)15-1-3-19(18)4-2-15/h5-7,11,16H,1-4H2. The second-order valence-corrected chi connectivity index (χ2v) is 6.85. The third-order valence-corrected chi connectivity index (χ3v) is 4.64. The summed E-state index contributed by atoms with van der Waals surface area (Å²) in [5.41, 5.74) is 0.370. The van der Waals surface area contributed by atoms with Crippen molar-refractivity contribution in [3.05, 3.63) is 33.8 Å². The lowest BCUT2D eigenvalue weighted by atomic mass is 10.1. The van der Waals surface area contributed by atoms with Crippen LogP contribution in [-0.2, 0) is 15.6 Å². The maximum Gasteiger partial charge on any atom is 0.256 e. The van der Waals surface area contributed by atoms with E-state index in [0.717, 1.165) is 0 Å². The molecule has 2 rings (SSSR count). The molecular formula is C12H13Cl2NO3S. The van der Waals surface area contributed by atoms with E-state index in [0.29, 0.717) is 40.2 Å². The Balaban J connectivity index is 2.12. The molecule has 1 amide bonds. The van der Waals surface area contributed by atoms with Gasteiger partial charge in [-0.3, -0.25) is 9.00 Å². The Kier molecular flexibility index (Phi) is 4.84. The highest BCUT2D eigenvalue weighted by Crippen LogP contribution is 2.25. The molecule has 7 heteroatoms. The highest BCUT2D eigenvalue weighted by atomic mass is 35.5. The van der Waals surface area contributed by atoms with Crippen molar-refractivity contribution < 1.29 is 14.1 Å². The van der Waals surface area contributed by atoms with Gasteiger partial charge in [0.2, 0.25) is 0 Å². The summed E-state index contributed by atoms with van der Waals surface area (Å²) in [5.74, 6) is 0.499. The lowest BCUT2D eigenvalue weighted by molar-refractivity contribution is -0.140. The van der Waals surface area contributed by atoms with Crippen molar-refractivity contribution in [3.63, 3.8) is 0 Å². The number of benzene rings is 1. The molecule has 1 N–H and O–H groups in total. The zero-order valence-corrected chi connectivity index (χ0v) is 12.3. The zero-order chi connectivity index (χ0) is 14.0. The number of nitrogens with zero attached hydrogens (tertiary/aromatic N) is 1. The molecule has 4 nitrogen and oxygen atoms in total. The predicted octanol–water partition coefficient (Wildman–Crippen LogP) is 1.62. The first-order valence-corrected chi connectivity index (χ1v) is 7.99. The van der Waals surface area contributed by atoms with Crippen LogP contribution < -0.4 is 0 Å². The lowest BCUT2D eigenvalue weighted by Gasteiger charge is -2.28. The summed E-state index contributed by atoms with van der Waals surface area (Å²) in [4.78, 5) is 13.6. The normalized spacial score (nSPS) is 18.4. The van der Waals surface area contributed by atoms with Crippen LogP contribution in [0.2, 0.25) is 10.0 Å². The van der Waals surface area contributed by atoms with Gasteiger partial charge in [0.05, 0.1) is 0 Å². The number of hydrogen-bond donors (Lipinski definition) is 1. The van der Waals surface area contributed by atoms with Gasteiger partial charge in [0.1, 0.15) is 0 Å². The fourth-order valence-electron chi connectivity index (χ4n) is 1.91. The second kappa shape index (κ2) is 6.22. The van der Waals surface area contributed by atoms with E-state index >= 15 is 0 Å². The second-order valence-electron chi connectivity index (χ2n) is 4.28. The smallest absolute Gasteiger partial charge is 0.256 e. The molecule has 19 heavy (non-hydrogen) atoms. The number of hydrogen-bond acceptors (Lipinski definition) is 3. The maximum absolute atomic E-state index is 12.1. The SMILES string of the molecule is O=C(C(O)c1cc(Cl)cc(Cl)c1)N1CCS(=O)CC1. The molecule has 1 saturated heterocycles. The molecule has 1 aromatic carbocycles. The van der Waals surface area contributed by atoms with Crippen molar-refractivity contribution in [2.75, 3.05) is 24.6 Å². The number of carbonyl (C=O) groups excluding carboxylic acids is 1. The van der Waals surface area contributed by atoms with Gasteiger partial charge >= 0.3 is 0 Å². The molecule has 1 heterocycles. The summed E-state index contributed by atoms with van der Waals surface area (Å²) in [5, 5.41) is 10.8. The van der Waals surface area contributed by atoms with E-state index in [1.54, 1.807) is 0 Å². The summed E-state index contributed by atoms with van der Waals surface area (Å²) in [6.07, 6.45) is -1.29. The van der Waals surface area contributed by atoms with Gasteiger partial charge in [-0.1, -0.05) is 23.2 Å². The molecule has 1 fully saturated rings. The molecule has 1 aliphatic heterocycles. The Morgan fingerprint density at radius 1 is 1.21 bits per heavy atom. The topological polar surface area (TPSA) is 57.6 Å². The van der Waals surface area contributed by atoms with E-state index in [1.165, 1.54) is 23.1 Å². The van der Waals surface area contributed by atoms with Crippen LogP contribution in [0.5, 0.6) is 0 Å². The van der Waals surface area contributed by atoms with Crippen molar-refractivity contribution >= 4 is 39.9 Å². The Hall–Kier alpha value is -0.620. The van der Waals surface area contributed by atoms with Gasteiger partial charge in [0, 0.05) is 45.4 Å². The predicted molar refractivity (Wildman–Crippen MR) is 75.9 cm³/mol. The van der Waals surface area contributed by atoms with Crippen molar-refractivity contribution in [1.82, 2.24) is 4.90 Å². The molecule has 0 saturated carbocycles. The first-order valence-electron chi connectivity index (χ1n) is 5.75. The molecule has 1 aromatic rings. The Morgan fingerprint density at radius 3 is 2.26 bits per heavy atom. The highest BCUT2D eigenvalue weighted by molar-refractivity contribution is 7.85. The van der Waals surface area contributed by atoms with Gasteiger partial charge in [-0.15, -0.1) is 0 Å². The minimum absolute atomic E-state index is 0.370. The molecule has 1 aliphatic rings. The van der Waals surface area contributed by atoms with Crippen LogP contribution in [0.25, 0.3) is 0 Å². The summed E-state index contributed by atoms with van der Waals surface area (Å²) in [6, 6.07) is 4.56. The minimum Gasteiger partial charge on any atom is -0.378 e. The quantitative estimate of drug-likeness (QED) is 0.900. The van der Waals surface area contributed by atoms with Crippen LogP contribution in [-0.4, -0.2) is 44.7 Å². The Morgan fingerprint density at radius 2 is 1.74 bits per heavy atom. The molecule has 0 radical (unpaired) electrons. The van der Waals surface area contributed by atoms with Crippen molar-refractivity contribution in [2.24, 2.45) is 0 Å². The van der Waals surface area contributed by atoms with E-state index in [9.17, 15) is 14.1 Å². The fraction of sp³-hybridized carbons (Fsp3) is 0.417. The average molecular weight is 322 g/mol. The molecule has 0 aliphatic carbocycles. The Bertz CT molecular complexity index is 493. The molecular weight excluding hydrogens is 309 g/mol. The summed E-state index contributed by atoms with van der Waals surface area (Å²) in [6.45, 7) is 0.799. The first-order chi connectivity index (χ1) is 8.97. The van der Waals surface area contributed by atoms with Gasteiger partial charge in [-0.05, 0) is 23.8 Å². The number of amides is 1. The maximum atomic E-state index is 12.1. The van der Waals surface area contributed by atoms with Gasteiger partial charge in [0.15, 0.2) is 6.10 Å². The van der Waals surface area contributed by atoms with Crippen LogP contribution >= 0.6 is 23.2 Å². The van der Waals surface area contributed by atoms with Crippen LogP contribution in [0.15, 0.2) is 18.2 Å². The summed E-state index contributed by atoms with van der Waals surface area (Å²) >= 11 is 11.7. The third-order valence-electron chi connectivity index (χ3n) is 2.92. The number of aliphatic hydroxyl groups excluding tert-OH is 1. The molecule has 104 valence electrons. The van der Waals surface area contributed by atoms with Crippen LogP contribution in [0.3, 0.4) is 0 Å². The van der Waals surface area contributed by atoms with Crippen LogP contribution in [0.1, 0.15) is 11.7 Å². The molecule has 0 bridgehead atoms. The summed E-state index contributed by atoms with van der Waals surface area (Å²) in [7, 11) is -0.860. The minimum atomic E-state index is -1.29. The molecule has 0 aromatic heterocycles. The van der Waals surface area contributed by atoms with E-state index < -0.39 is 22.8 Å². The van der Waals surface area contributed by atoms with Crippen LogP contribution in [0.4, 0.5) is 0 Å². The third kappa shape index (κ3) is 3.69. The number of aliphatic hydroxyl groups is 1. The number of halogens is 2. The van der Waals surface area contributed by atoms with Gasteiger partial charge in [-0.2, -0.15) is 0 Å². The van der Waals surface area contributed by atoms with Gasteiger partial charge in [0.25, 0.3) is 5.91 Å². The van der Waals surface area contributed by atoms with Crippen molar-refractivity contribution in [2.45, 2.75) is 6.10 Å². The van der Waals surface area contributed by atoms with E-state index in [-0.39, 0.29) is 0 Å². The molecule has 1 unspecified atom stereocenters. The fourth-order valence-corrected chi connectivity index (χ4v) is 3.50. The average Bonchev–Trinajstić information content (AvgIpc) is 2.37. The van der Waals surface area contributed by atoms with Gasteiger partial charge in [-0.25, -0.2) is 0 Å². The van der Waals surface area contributed by atoms with Crippen molar-refractivity contribution in [3.8, 4) is 0 Å².